The van der Waals surface area contributed by atoms with Gasteiger partial charge in [-0.3, -0.25) is 19.7 Å². The zero-order chi connectivity index (χ0) is 22.2. The number of piperidine rings is 1. The molecule has 1 atom stereocenters. The summed E-state index contributed by atoms with van der Waals surface area (Å²) in [6, 6.07) is 9.75. The van der Waals surface area contributed by atoms with Crippen LogP contribution < -0.4 is 10.6 Å². The largest absolute Gasteiger partial charge is 0.464 e. The van der Waals surface area contributed by atoms with Crippen LogP contribution in [-0.2, 0) is 26.9 Å². The molecule has 31 heavy (non-hydrogen) atoms. The summed E-state index contributed by atoms with van der Waals surface area (Å²) in [5.74, 6) is -6.42. The van der Waals surface area contributed by atoms with Gasteiger partial charge < -0.3 is 9.73 Å². The van der Waals surface area contributed by atoms with Gasteiger partial charge in [0.25, 0.3) is 5.91 Å². The summed E-state index contributed by atoms with van der Waals surface area (Å²) < 4.78 is 34.4. The van der Waals surface area contributed by atoms with Crippen LogP contribution in [0.4, 0.5) is 8.78 Å². The molecule has 1 aliphatic rings. The van der Waals surface area contributed by atoms with E-state index in [0.29, 0.717) is 33.5 Å². The molecule has 1 unspecified atom stereocenters. The van der Waals surface area contributed by atoms with Crippen molar-refractivity contribution in [1.82, 2.24) is 10.6 Å². The Morgan fingerprint density at radius 3 is 2.65 bits per heavy atom. The molecule has 3 aromatic rings. The first-order valence-electron chi connectivity index (χ1n) is 9.51. The molecule has 1 fully saturated rings. The van der Waals surface area contributed by atoms with E-state index in [9.17, 15) is 23.2 Å². The molecule has 2 N–H and O–H groups in total. The van der Waals surface area contributed by atoms with E-state index < -0.39 is 29.2 Å². The van der Waals surface area contributed by atoms with Crippen LogP contribution in [0.5, 0.6) is 0 Å². The van der Waals surface area contributed by atoms with Crippen molar-refractivity contribution >= 4 is 40.3 Å². The van der Waals surface area contributed by atoms with E-state index in [1.807, 2.05) is 0 Å². The fourth-order valence-electron chi connectivity index (χ4n) is 3.55. The highest BCUT2D eigenvalue weighted by molar-refractivity contribution is 6.30. The highest BCUT2D eigenvalue weighted by Gasteiger charge is 2.40. The normalized spacial score (nSPS) is 16.9. The van der Waals surface area contributed by atoms with Crippen molar-refractivity contribution in [3.63, 3.8) is 0 Å². The van der Waals surface area contributed by atoms with Gasteiger partial charge in [-0.25, -0.2) is 0 Å². The Balaban J connectivity index is 1.51. The lowest BCUT2D eigenvalue weighted by Crippen LogP contribution is -2.39. The number of rotatable bonds is 5. The van der Waals surface area contributed by atoms with Crippen molar-refractivity contribution in [2.75, 3.05) is 0 Å². The first kappa shape index (κ1) is 21.0. The molecular formula is C22H17ClF2N2O4. The van der Waals surface area contributed by atoms with Crippen LogP contribution in [0.2, 0.25) is 5.02 Å². The first-order valence-corrected chi connectivity index (χ1v) is 9.89. The molecular weight excluding hydrogens is 430 g/mol. The number of amides is 3. The zero-order valence-electron chi connectivity index (χ0n) is 16.1. The maximum atomic E-state index is 14.4. The van der Waals surface area contributed by atoms with Crippen molar-refractivity contribution < 1.29 is 27.6 Å². The zero-order valence-corrected chi connectivity index (χ0v) is 16.8. The number of furan rings is 1. The Labute approximate surface area is 180 Å². The number of alkyl halides is 2. The average molecular weight is 447 g/mol. The summed E-state index contributed by atoms with van der Waals surface area (Å²) in [4.78, 5) is 35.7. The summed E-state index contributed by atoms with van der Waals surface area (Å²) in [7, 11) is 0. The molecule has 0 bridgehead atoms. The third kappa shape index (κ3) is 4.16. The molecule has 4 rings (SSSR count). The summed E-state index contributed by atoms with van der Waals surface area (Å²) in [6.07, 6.45) is 2.04. The van der Waals surface area contributed by atoms with Crippen molar-refractivity contribution in [2.45, 2.75) is 31.2 Å². The second-order valence-corrected chi connectivity index (χ2v) is 7.73. The topological polar surface area (TPSA) is 88.4 Å². The lowest BCUT2D eigenvalue weighted by atomic mass is 9.90. The molecule has 2 aromatic carbocycles. The number of halogens is 3. The number of imide groups is 1. The molecule has 1 saturated heterocycles. The molecule has 160 valence electrons. The maximum Gasteiger partial charge on any atom is 0.349 e. The van der Waals surface area contributed by atoms with Gasteiger partial charge in [0.15, 0.2) is 0 Å². The Kier molecular flexibility index (Phi) is 5.49. The second kappa shape index (κ2) is 8.11. The summed E-state index contributed by atoms with van der Waals surface area (Å²) in [5.41, 5.74) is 1.23. The predicted octanol–water partition coefficient (Wildman–Crippen LogP) is 4.01. The highest BCUT2D eigenvalue weighted by Crippen LogP contribution is 2.33. The molecule has 0 radical (unpaired) electrons. The van der Waals surface area contributed by atoms with Gasteiger partial charge in [0.1, 0.15) is 5.58 Å². The van der Waals surface area contributed by atoms with Gasteiger partial charge in [-0.15, -0.1) is 0 Å². The first-order chi connectivity index (χ1) is 14.8. The highest BCUT2D eigenvalue weighted by atomic mass is 35.5. The van der Waals surface area contributed by atoms with Gasteiger partial charge in [-0.2, -0.15) is 8.78 Å². The van der Waals surface area contributed by atoms with Gasteiger partial charge in [0.2, 0.25) is 11.8 Å². The van der Waals surface area contributed by atoms with Crippen molar-refractivity contribution in [1.29, 1.82) is 0 Å². The van der Waals surface area contributed by atoms with Crippen LogP contribution in [0.1, 0.15) is 35.4 Å². The summed E-state index contributed by atoms with van der Waals surface area (Å²) >= 11 is 5.71. The molecule has 0 spiro atoms. The van der Waals surface area contributed by atoms with Crippen LogP contribution in [-0.4, -0.2) is 17.7 Å². The van der Waals surface area contributed by atoms with Gasteiger partial charge in [0.05, 0.1) is 12.2 Å². The monoisotopic (exact) mass is 446 g/mol. The van der Waals surface area contributed by atoms with Gasteiger partial charge >= 0.3 is 5.92 Å². The minimum atomic E-state index is -3.72. The fraction of sp³-hybridized carbons (Fsp3) is 0.227. The molecule has 0 aliphatic carbocycles. The lowest BCUT2D eigenvalue weighted by Gasteiger charge is -2.20. The number of fused-ring (bicyclic) bond motifs is 1. The van der Waals surface area contributed by atoms with E-state index in [4.69, 9.17) is 16.0 Å². The van der Waals surface area contributed by atoms with Crippen molar-refractivity contribution in [3.05, 3.63) is 70.4 Å². The second-order valence-electron chi connectivity index (χ2n) is 7.29. The molecule has 9 heteroatoms. The minimum Gasteiger partial charge on any atom is -0.464 e. The summed E-state index contributed by atoms with van der Waals surface area (Å²) in [6.45, 7) is -0.141. The number of hydrogen-bond donors (Lipinski definition) is 2. The van der Waals surface area contributed by atoms with E-state index in [1.54, 1.807) is 18.2 Å². The van der Waals surface area contributed by atoms with Crippen molar-refractivity contribution in [2.24, 2.45) is 0 Å². The number of benzene rings is 2. The third-order valence-electron chi connectivity index (χ3n) is 5.23. The quantitative estimate of drug-likeness (QED) is 0.579. The molecule has 1 aliphatic heterocycles. The van der Waals surface area contributed by atoms with E-state index in [2.05, 4.69) is 10.6 Å². The maximum absolute atomic E-state index is 14.4. The van der Waals surface area contributed by atoms with Gasteiger partial charge in [-0.1, -0.05) is 29.8 Å². The Hall–Kier alpha value is -3.26. The number of carbonyl (C=O) groups excluding carboxylic acids is 3. The van der Waals surface area contributed by atoms with Crippen LogP contribution >= 0.6 is 11.6 Å². The SMILES string of the molecule is O=C1CCC(c2coc3ccc(CNC(=O)C(F)(F)c4ccc(Cl)cc4)cc23)C(=O)N1. The van der Waals surface area contributed by atoms with Crippen LogP contribution in [0, 0.1) is 0 Å². The molecule has 2 heterocycles. The van der Waals surface area contributed by atoms with E-state index in [1.165, 1.54) is 18.4 Å². The smallest absolute Gasteiger partial charge is 0.349 e. The third-order valence-corrected chi connectivity index (χ3v) is 5.48. The van der Waals surface area contributed by atoms with Crippen LogP contribution in [0.25, 0.3) is 11.0 Å². The fourth-order valence-corrected chi connectivity index (χ4v) is 3.68. The molecule has 0 saturated carbocycles. The van der Waals surface area contributed by atoms with Crippen LogP contribution in [0.15, 0.2) is 53.1 Å². The Bertz CT molecular complexity index is 1170. The van der Waals surface area contributed by atoms with E-state index in [0.717, 1.165) is 12.1 Å². The lowest BCUT2D eigenvalue weighted by molar-refractivity contribution is -0.147. The Morgan fingerprint density at radius 2 is 1.94 bits per heavy atom. The number of nitrogens with one attached hydrogen (secondary N) is 2. The average Bonchev–Trinajstić information content (AvgIpc) is 3.15. The minimum absolute atomic E-state index is 0.141. The van der Waals surface area contributed by atoms with Gasteiger partial charge in [0, 0.05) is 34.5 Å². The van der Waals surface area contributed by atoms with Crippen molar-refractivity contribution in [3.8, 4) is 0 Å². The van der Waals surface area contributed by atoms with Crippen LogP contribution in [0.3, 0.4) is 0 Å². The number of hydrogen-bond acceptors (Lipinski definition) is 4. The van der Waals surface area contributed by atoms with E-state index in [-0.39, 0.29) is 18.9 Å². The number of carbonyl (C=O) groups is 3. The standard InChI is InChI=1S/C22H17ClF2N2O4/c23-14-4-2-13(3-5-14)22(24,25)21(30)26-10-12-1-7-18-16(9-12)17(11-31-18)15-6-8-19(28)27-20(15)29/h1-5,7,9,11,15H,6,8,10H2,(H,26,30)(H,27,28,29). The van der Waals surface area contributed by atoms with E-state index >= 15 is 0 Å². The predicted molar refractivity (Wildman–Crippen MR) is 109 cm³/mol. The Morgan fingerprint density at radius 1 is 1.19 bits per heavy atom. The molecule has 3 amide bonds. The van der Waals surface area contributed by atoms with Gasteiger partial charge in [-0.05, 0) is 36.2 Å². The summed E-state index contributed by atoms with van der Waals surface area (Å²) in [5, 5.41) is 5.47. The molecule has 1 aromatic heterocycles. The molecule has 6 nitrogen and oxygen atoms in total.